The summed E-state index contributed by atoms with van der Waals surface area (Å²) < 4.78 is 41.9. The lowest BCUT2D eigenvalue weighted by atomic mass is 9.89. The topological polar surface area (TPSA) is 88.1 Å². The highest BCUT2D eigenvalue weighted by molar-refractivity contribution is 7.92. The summed E-state index contributed by atoms with van der Waals surface area (Å²) >= 11 is 0. The zero-order valence-corrected chi connectivity index (χ0v) is 24.4. The quantitative estimate of drug-likeness (QED) is 0.264. The van der Waals surface area contributed by atoms with E-state index < -0.39 is 16.3 Å². The minimum absolute atomic E-state index is 0.0146. The Kier molecular flexibility index (Phi) is 9.57. The molecule has 8 heteroatoms. The number of benzene rings is 3. The number of ether oxygens (including phenoxy) is 2. The maximum atomic E-state index is 13.0. The van der Waals surface area contributed by atoms with Crippen LogP contribution in [0.2, 0.25) is 0 Å². The van der Waals surface area contributed by atoms with Gasteiger partial charge in [0.1, 0.15) is 0 Å². The summed E-state index contributed by atoms with van der Waals surface area (Å²) in [5, 5.41) is 9.54. The van der Waals surface area contributed by atoms with E-state index in [0.29, 0.717) is 11.7 Å². The molecule has 0 radical (unpaired) electrons. The van der Waals surface area contributed by atoms with Crippen molar-refractivity contribution in [2.75, 3.05) is 17.8 Å². The van der Waals surface area contributed by atoms with Gasteiger partial charge in [0.15, 0.2) is 6.29 Å². The van der Waals surface area contributed by atoms with Gasteiger partial charge >= 0.3 is 0 Å². The van der Waals surface area contributed by atoms with Crippen LogP contribution in [0.5, 0.6) is 0 Å². The number of nitrogens with zero attached hydrogens (tertiary/aromatic N) is 1. The summed E-state index contributed by atoms with van der Waals surface area (Å²) in [7, 11) is -3.74. The maximum absolute atomic E-state index is 13.0. The van der Waals surface area contributed by atoms with Crippen molar-refractivity contribution >= 4 is 15.7 Å². The third kappa shape index (κ3) is 7.08. The second-order valence-electron chi connectivity index (χ2n) is 11.0. The average Bonchev–Trinajstić information content (AvgIpc) is 3.53. The molecule has 1 aliphatic carbocycles. The van der Waals surface area contributed by atoms with Crippen molar-refractivity contribution in [3.63, 3.8) is 0 Å². The number of sulfonamides is 1. The molecule has 1 saturated heterocycles. The van der Waals surface area contributed by atoms with E-state index >= 15 is 0 Å². The van der Waals surface area contributed by atoms with Crippen molar-refractivity contribution in [3.05, 3.63) is 108 Å². The SMILES string of the molecule is C=CCN(C[C@@H]1O[C@H](c2cccc(NS(=O)(=O)c3ccccc3)c2)O[C@H](c2ccc(CO)cc2)[C@@H]1C)C1CCCC1. The first-order valence-corrected chi connectivity index (χ1v) is 15.9. The monoisotopic (exact) mass is 576 g/mol. The Labute approximate surface area is 243 Å². The Morgan fingerprint density at radius 1 is 0.976 bits per heavy atom. The lowest BCUT2D eigenvalue weighted by Crippen LogP contribution is -2.47. The number of aliphatic hydroxyl groups is 1. The molecule has 2 N–H and O–H groups in total. The molecule has 0 unspecified atom stereocenters. The highest BCUT2D eigenvalue weighted by atomic mass is 32.2. The van der Waals surface area contributed by atoms with Gasteiger partial charge in [-0.1, -0.05) is 80.4 Å². The number of anilines is 1. The second kappa shape index (κ2) is 13.3. The molecule has 0 bridgehead atoms. The standard InChI is InChI=1S/C33H40N2O5S/c1-3-20-35(29-12-7-8-13-29)22-31-24(2)32(26-18-16-25(23-36)17-19-26)40-33(39-31)27-10-9-11-28(21-27)34-41(37,38)30-14-5-4-6-15-30/h3-6,9-11,14-19,21,24,29,31-34,36H,1,7-8,12-13,20,22-23H2,2H3/t24-,31+,32+,33+/m1/s1. The molecule has 2 aliphatic rings. The third-order valence-electron chi connectivity index (χ3n) is 8.21. The number of aliphatic hydroxyl groups excluding tert-OH is 1. The van der Waals surface area contributed by atoms with E-state index in [1.807, 2.05) is 42.5 Å². The van der Waals surface area contributed by atoms with Gasteiger partial charge in [0.25, 0.3) is 10.0 Å². The van der Waals surface area contributed by atoms with Gasteiger partial charge in [-0.2, -0.15) is 0 Å². The van der Waals surface area contributed by atoms with Gasteiger partial charge in [0, 0.05) is 36.3 Å². The molecule has 4 atom stereocenters. The molecule has 1 heterocycles. The molecule has 3 aromatic rings. The summed E-state index contributed by atoms with van der Waals surface area (Å²) in [5.74, 6) is 0.0553. The van der Waals surface area contributed by atoms with Crippen LogP contribution in [-0.4, -0.2) is 43.7 Å². The molecule has 1 aliphatic heterocycles. The van der Waals surface area contributed by atoms with Crippen molar-refractivity contribution in [2.45, 2.75) is 68.6 Å². The Balaban J connectivity index is 1.43. The predicted molar refractivity (Wildman–Crippen MR) is 161 cm³/mol. The van der Waals surface area contributed by atoms with Crippen molar-refractivity contribution in [2.24, 2.45) is 5.92 Å². The molecule has 0 aromatic heterocycles. The molecule has 5 rings (SSSR count). The average molecular weight is 577 g/mol. The summed E-state index contributed by atoms with van der Waals surface area (Å²) in [4.78, 5) is 2.69. The van der Waals surface area contributed by atoms with Crippen molar-refractivity contribution in [1.29, 1.82) is 0 Å². The third-order valence-corrected chi connectivity index (χ3v) is 9.60. The van der Waals surface area contributed by atoms with Crippen LogP contribution in [0.25, 0.3) is 0 Å². The van der Waals surface area contributed by atoms with E-state index in [1.165, 1.54) is 25.7 Å². The Hall–Kier alpha value is -3.01. The molecule has 0 amide bonds. The smallest absolute Gasteiger partial charge is 0.261 e. The van der Waals surface area contributed by atoms with E-state index in [-0.39, 0.29) is 29.6 Å². The second-order valence-corrected chi connectivity index (χ2v) is 12.7. The van der Waals surface area contributed by atoms with Gasteiger partial charge < -0.3 is 14.6 Å². The first kappa shape index (κ1) is 29.5. The lowest BCUT2D eigenvalue weighted by Gasteiger charge is -2.43. The molecule has 3 aromatic carbocycles. The number of rotatable bonds is 11. The zero-order valence-electron chi connectivity index (χ0n) is 23.6. The summed E-state index contributed by atoms with van der Waals surface area (Å²) in [5.41, 5.74) is 3.04. The molecule has 1 saturated carbocycles. The first-order valence-electron chi connectivity index (χ1n) is 14.4. The maximum Gasteiger partial charge on any atom is 0.261 e. The number of hydrogen-bond acceptors (Lipinski definition) is 6. The van der Waals surface area contributed by atoms with Crippen LogP contribution >= 0.6 is 0 Å². The van der Waals surface area contributed by atoms with E-state index in [0.717, 1.165) is 29.8 Å². The minimum Gasteiger partial charge on any atom is -0.392 e. The van der Waals surface area contributed by atoms with Gasteiger partial charge in [-0.15, -0.1) is 6.58 Å². The van der Waals surface area contributed by atoms with Crippen LogP contribution in [-0.2, 0) is 26.1 Å². The van der Waals surface area contributed by atoms with E-state index in [2.05, 4.69) is 23.1 Å². The zero-order chi connectivity index (χ0) is 28.8. The molecule has 41 heavy (non-hydrogen) atoms. The number of nitrogens with one attached hydrogen (secondary N) is 1. The van der Waals surface area contributed by atoms with Gasteiger partial charge in [0.2, 0.25) is 0 Å². The van der Waals surface area contributed by atoms with Crippen molar-refractivity contribution in [1.82, 2.24) is 4.90 Å². The van der Waals surface area contributed by atoms with Gasteiger partial charge in [-0.3, -0.25) is 9.62 Å². The fraction of sp³-hybridized carbons (Fsp3) is 0.394. The van der Waals surface area contributed by atoms with E-state index in [4.69, 9.17) is 9.47 Å². The number of hydrogen-bond donors (Lipinski definition) is 2. The lowest BCUT2D eigenvalue weighted by molar-refractivity contribution is -0.276. The van der Waals surface area contributed by atoms with Gasteiger partial charge in [-0.05, 0) is 48.2 Å². The summed E-state index contributed by atoms with van der Waals surface area (Å²) in [6.07, 6.45) is 5.77. The molecule has 7 nitrogen and oxygen atoms in total. The highest BCUT2D eigenvalue weighted by Gasteiger charge is 2.40. The first-order chi connectivity index (χ1) is 19.9. The van der Waals surface area contributed by atoms with E-state index in [1.54, 1.807) is 42.5 Å². The normalized spacial score (nSPS) is 23.5. The summed E-state index contributed by atoms with van der Waals surface area (Å²) in [6.45, 7) is 7.71. The van der Waals surface area contributed by atoms with Crippen LogP contribution in [0, 0.1) is 5.92 Å². The van der Waals surface area contributed by atoms with Gasteiger partial charge in [-0.25, -0.2) is 8.42 Å². The van der Waals surface area contributed by atoms with Crippen molar-refractivity contribution < 1.29 is 23.0 Å². The largest absolute Gasteiger partial charge is 0.392 e. The fourth-order valence-corrected chi connectivity index (χ4v) is 7.00. The molecule has 218 valence electrons. The summed E-state index contributed by atoms with van der Waals surface area (Å²) in [6, 6.07) is 23.9. The van der Waals surface area contributed by atoms with Crippen LogP contribution in [0.4, 0.5) is 5.69 Å². The Morgan fingerprint density at radius 3 is 2.39 bits per heavy atom. The van der Waals surface area contributed by atoms with Crippen LogP contribution in [0.15, 0.2) is 96.4 Å². The van der Waals surface area contributed by atoms with E-state index in [9.17, 15) is 13.5 Å². The fourth-order valence-electron chi connectivity index (χ4n) is 5.93. The molecule has 2 fully saturated rings. The Bertz CT molecular complexity index is 1390. The van der Waals surface area contributed by atoms with Crippen LogP contribution < -0.4 is 4.72 Å². The minimum atomic E-state index is -3.74. The van der Waals surface area contributed by atoms with Gasteiger partial charge in [0.05, 0.1) is 23.7 Å². The Morgan fingerprint density at radius 2 is 1.71 bits per heavy atom. The molecule has 0 spiro atoms. The highest BCUT2D eigenvalue weighted by Crippen LogP contribution is 2.42. The van der Waals surface area contributed by atoms with Crippen LogP contribution in [0.3, 0.4) is 0 Å². The van der Waals surface area contributed by atoms with Crippen molar-refractivity contribution in [3.8, 4) is 0 Å². The molecular formula is C33H40N2O5S. The predicted octanol–water partition coefficient (Wildman–Crippen LogP) is 6.20. The van der Waals surface area contributed by atoms with Crippen LogP contribution in [0.1, 0.15) is 61.7 Å². The molecular weight excluding hydrogens is 536 g/mol.